The van der Waals surface area contributed by atoms with Crippen molar-refractivity contribution in [2.75, 3.05) is 7.11 Å². The number of rotatable bonds is 7. The molecule has 144 valence electrons. The molecule has 1 unspecified atom stereocenters. The van der Waals surface area contributed by atoms with Crippen molar-refractivity contribution in [1.29, 1.82) is 0 Å². The van der Waals surface area contributed by atoms with Crippen molar-refractivity contribution in [2.45, 2.75) is 39.7 Å². The van der Waals surface area contributed by atoms with Gasteiger partial charge in [0.15, 0.2) is 5.78 Å². The number of halogens is 1. The second-order valence-electron chi connectivity index (χ2n) is 6.22. The van der Waals surface area contributed by atoms with Crippen LogP contribution in [-0.4, -0.2) is 29.8 Å². The molecule has 1 heterocycles. The number of Topliss-reactive ketones (excluding diaryl/α,β-unsaturated/α-hetero) is 1. The fraction of sp³-hybridized carbons (Fsp3) is 0.350. The molecule has 1 aromatic heterocycles. The first-order valence-corrected chi connectivity index (χ1v) is 9.02. The van der Waals surface area contributed by atoms with Crippen molar-refractivity contribution in [2.24, 2.45) is 0 Å². The van der Waals surface area contributed by atoms with E-state index in [2.05, 4.69) is 10.3 Å². The molecule has 0 aliphatic rings. The molecular formula is C20H23ClN2O4. The van der Waals surface area contributed by atoms with Crippen LogP contribution in [0.5, 0.6) is 0 Å². The van der Waals surface area contributed by atoms with Gasteiger partial charge in [-0.15, -0.1) is 0 Å². The number of hydrogen-bond donors (Lipinski definition) is 2. The molecule has 0 saturated carbocycles. The highest BCUT2D eigenvalue weighted by atomic mass is 35.5. The molecule has 6 nitrogen and oxygen atoms in total. The van der Waals surface area contributed by atoms with Gasteiger partial charge in [0.25, 0.3) is 5.91 Å². The van der Waals surface area contributed by atoms with Gasteiger partial charge in [0, 0.05) is 16.3 Å². The fourth-order valence-electron chi connectivity index (χ4n) is 3.18. The average Bonchev–Trinajstić information content (AvgIpc) is 2.98. The predicted molar refractivity (Wildman–Crippen MR) is 103 cm³/mol. The Morgan fingerprint density at radius 3 is 2.48 bits per heavy atom. The minimum atomic E-state index is -0.659. The maximum absolute atomic E-state index is 12.9. The van der Waals surface area contributed by atoms with Gasteiger partial charge in [-0.2, -0.15) is 0 Å². The molecule has 1 atom stereocenters. The van der Waals surface area contributed by atoms with E-state index >= 15 is 0 Å². The van der Waals surface area contributed by atoms with Crippen LogP contribution in [0.3, 0.4) is 0 Å². The lowest BCUT2D eigenvalue weighted by Gasteiger charge is -2.19. The Morgan fingerprint density at radius 1 is 1.26 bits per heavy atom. The molecular weight excluding hydrogens is 368 g/mol. The first-order valence-electron chi connectivity index (χ1n) is 8.64. The Hall–Kier alpha value is -2.60. The summed E-state index contributed by atoms with van der Waals surface area (Å²) in [4.78, 5) is 39.7. The van der Waals surface area contributed by atoms with Crippen molar-refractivity contribution in [3.8, 4) is 0 Å². The second-order valence-corrected chi connectivity index (χ2v) is 6.62. The molecule has 7 heteroatoms. The highest BCUT2D eigenvalue weighted by Crippen LogP contribution is 2.27. The van der Waals surface area contributed by atoms with Gasteiger partial charge in [-0.3, -0.25) is 14.4 Å². The summed E-state index contributed by atoms with van der Waals surface area (Å²) >= 11 is 6.25. The summed E-state index contributed by atoms with van der Waals surface area (Å²) < 4.78 is 4.74. The van der Waals surface area contributed by atoms with Gasteiger partial charge >= 0.3 is 5.97 Å². The van der Waals surface area contributed by atoms with Crippen molar-refractivity contribution < 1.29 is 19.1 Å². The number of aromatic amines is 1. The summed E-state index contributed by atoms with van der Waals surface area (Å²) in [5, 5.41) is 3.28. The van der Waals surface area contributed by atoms with Gasteiger partial charge in [-0.25, -0.2) is 0 Å². The quantitative estimate of drug-likeness (QED) is 0.556. The number of carbonyl (C=O) groups is 3. The topological polar surface area (TPSA) is 88.3 Å². The smallest absolute Gasteiger partial charge is 0.307 e. The van der Waals surface area contributed by atoms with Crippen LogP contribution in [0, 0.1) is 6.92 Å². The minimum Gasteiger partial charge on any atom is -0.469 e. The number of aryl methyl sites for hydroxylation is 1. The molecule has 1 amide bonds. The van der Waals surface area contributed by atoms with Crippen LogP contribution in [0.2, 0.25) is 5.02 Å². The highest BCUT2D eigenvalue weighted by molar-refractivity contribution is 6.31. The normalized spacial score (nSPS) is 11.7. The Labute approximate surface area is 163 Å². The van der Waals surface area contributed by atoms with Crippen molar-refractivity contribution in [3.05, 3.63) is 57.4 Å². The minimum absolute atomic E-state index is 0.0628. The van der Waals surface area contributed by atoms with Gasteiger partial charge < -0.3 is 15.0 Å². The number of ether oxygens (including phenoxy) is 1. The monoisotopic (exact) mass is 390 g/mol. The van der Waals surface area contributed by atoms with Crippen molar-refractivity contribution in [1.82, 2.24) is 10.3 Å². The molecule has 0 saturated heterocycles. The summed E-state index contributed by atoms with van der Waals surface area (Å²) in [7, 11) is 1.29. The van der Waals surface area contributed by atoms with Crippen LogP contribution in [0.4, 0.5) is 0 Å². The van der Waals surface area contributed by atoms with E-state index in [1.54, 1.807) is 31.2 Å². The zero-order chi connectivity index (χ0) is 20.1. The van der Waals surface area contributed by atoms with E-state index in [1.165, 1.54) is 14.0 Å². The van der Waals surface area contributed by atoms with E-state index in [9.17, 15) is 14.4 Å². The summed E-state index contributed by atoms with van der Waals surface area (Å²) in [6, 6.07) is 6.33. The van der Waals surface area contributed by atoms with Gasteiger partial charge in [0.1, 0.15) is 5.69 Å². The maximum Gasteiger partial charge on any atom is 0.307 e. The first-order chi connectivity index (χ1) is 12.8. The standard InChI is InChI=1S/C20H23ClN2O4/c1-5-13-18(12(3)24)11(2)22-19(13)20(26)23-16(10-17(25)27-4)14-8-6-7-9-15(14)21/h6-9,16,22H,5,10H2,1-4H3,(H,23,26). The number of carbonyl (C=O) groups excluding carboxylic acids is 3. The molecule has 2 N–H and O–H groups in total. The fourth-order valence-corrected chi connectivity index (χ4v) is 3.44. The zero-order valence-corrected chi connectivity index (χ0v) is 16.6. The molecule has 2 aromatic rings. The summed E-state index contributed by atoms with van der Waals surface area (Å²) in [6.07, 6.45) is 0.461. The van der Waals surface area contributed by atoms with E-state index in [0.29, 0.717) is 39.5 Å². The van der Waals surface area contributed by atoms with Gasteiger partial charge in [0.05, 0.1) is 19.6 Å². The van der Waals surface area contributed by atoms with Gasteiger partial charge in [-0.1, -0.05) is 36.7 Å². The molecule has 1 aromatic carbocycles. The number of benzene rings is 1. The molecule has 0 aliphatic carbocycles. The average molecular weight is 391 g/mol. The Kier molecular flexibility index (Phi) is 6.80. The zero-order valence-electron chi connectivity index (χ0n) is 15.8. The number of H-pyrrole nitrogens is 1. The largest absolute Gasteiger partial charge is 0.469 e. The van der Waals surface area contributed by atoms with Crippen LogP contribution >= 0.6 is 11.6 Å². The van der Waals surface area contributed by atoms with E-state index < -0.39 is 17.9 Å². The van der Waals surface area contributed by atoms with Crippen LogP contribution < -0.4 is 5.32 Å². The van der Waals surface area contributed by atoms with E-state index in [-0.39, 0.29) is 12.2 Å². The maximum atomic E-state index is 12.9. The van der Waals surface area contributed by atoms with Crippen LogP contribution in [0.25, 0.3) is 0 Å². The van der Waals surface area contributed by atoms with Gasteiger partial charge in [0.2, 0.25) is 0 Å². The van der Waals surface area contributed by atoms with Crippen molar-refractivity contribution in [3.63, 3.8) is 0 Å². The Morgan fingerprint density at radius 2 is 1.93 bits per heavy atom. The summed E-state index contributed by atoms with van der Waals surface area (Å²) in [6.45, 7) is 5.11. The summed E-state index contributed by atoms with van der Waals surface area (Å²) in [5.41, 5.74) is 2.78. The SMILES string of the molecule is CCc1c(C(=O)NC(CC(=O)OC)c2ccccc2Cl)[nH]c(C)c1C(C)=O. The lowest BCUT2D eigenvalue weighted by Crippen LogP contribution is -2.31. The Balaban J connectivity index is 2.39. The molecule has 27 heavy (non-hydrogen) atoms. The van der Waals surface area contributed by atoms with E-state index in [0.717, 1.165) is 0 Å². The van der Waals surface area contributed by atoms with Crippen LogP contribution in [0.15, 0.2) is 24.3 Å². The lowest BCUT2D eigenvalue weighted by atomic mass is 10.0. The molecule has 0 fully saturated rings. The first kappa shape index (κ1) is 20.7. The third-order valence-corrected chi connectivity index (χ3v) is 4.75. The molecule has 0 radical (unpaired) electrons. The van der Waals surface area contributed by atoms with E-state index in [4.69, 9.17) is 16.3 Å². The lowest BCUT2D eigenvalue weighted by molar-refractivity contribution is -0.141. The third-order valence-electron chi connectivity index (χ3n) is 4.41. The van der Waals surface area contributed by atoms with E-state index in [1.807, 2.05) is 6.92 Å². The Bertz CT molecular complexity index is 873. The van der Waals surface area contributed by atoms with Crippen LogP contribution in [-0.2, 0) is 16.0 Å². The highest BCUT2D eigenvalue weighted by Gasteiger charge is 2.26. The molecule has 0 aliphatic heterocycles. The number of nitrogens with one attached hydrogen (secondary N) is 2. The number of hydrogen-bond acceptors (Lipinski definition) is 4. The molecule has 0 spiro atoms. The predicted octanol–water partition coefficient (Wildman–Crippen LogP) is 3.78. The number of ketones is 1. The number of aromatic nitrogens is 1. The third kappa shape index (κ3) is 4.57. The number of methoxy groups -OCH3 is 1. The van der Waals surface area contributed by atoms with Gasteiger partial charge in [-0.05, 0) is 37.5 Å². The van der Waals surface area contributed by atoms with Crippen LogP contribution in [0.1, 0.15) is 64.0 Å². The number of esters is 1. The molecule has 0 bridgehead atoms. The van der Waals surface area contributed by atoms with Crippen molar-refractivity contribution >= 4 is 29.3 Å². The second kappa shape index (κ2) is 8.86. The molecule has 2 rings (SSSR count). The summed E-state index contributed by atoms with van der Waals surface area (Å²) in [5.74, 6) is -0.976. The number of amides is 1.